The van der Waals surface area contributed by atoms with E-state index in [1.54, 1.807) is 4.90 Å². The van der Waals surface area contributed by atoms with Crippen LogP contribution in [0.3, 0.4) is 0 Å². The number of alkyl halides is 5. The molecule has 1 spiro atoms. The predicted octanol–water partition coefficient (Wildman–Crippen LogP) is 9.13. The van der Waals surface area contributed by atoms with Crippen molar-refractivity contribution in [2.24, 2.45) is 28.8 Å². The first kappa shape index (κ1) is 38.5. The van der Waals surface area contributed by atoms with Crippen LogP contribution in [0.15, 0.2) is 29.6 Å². The quantitative estimate of drug-likeness (QED) is 0.200. The summed E-state index contributed by atoms with van der Waals surface area (Å²) in [6.07, 6.45) is 7.04. The lowest BCUT2D eigenvalue weighted by Gasteiger charge is -2.59. The molecule has 2 heterocycles. The van der Waals surface area contributed by atoms with E-state index in [1.165, 1.54) is 0 Å². The lowest BCUT2D eigenvalue weighted by Crippen LogP contribution is -2.70. The molecule has 0 saturated heterocycles. The second kappa shape index (κ2) is 14.4. The average Bonchev–Trinajstić information content (AvgIpc) is 3.48. The molecular weight excluding hydrogens is 749 g/mol. The Hall–Kier alpha value is -4.04. The van der Waals surface area contributed by atoms with Gasteiger partial charge in [-0.1, -0.05) is 24.4 Å². The maximum Gasteiger partial charge on any atom is 0.434 e. The van der Waals surface area contributed by atoms with E-state index in [0.29, 0.717) is 74.1 Å². The van der Waals surface area contributed by atoms with Gasteiger partial charge in [-0.25, -0.2) is 23.5 Å². The number of aliphatic carboxylic acids is 1. The van der Waals surface area contributed by atoms with Crippen LogP contribution >= 0.6 is 0 Å². The van der Waals surface area contributed by atoms with Crippen LogP contribution in [0.2, 0.25) is 0 Å². The molecule has 7 fully saturated rings. The van der Waals surface area contributed by atoms with E-state index < -0.39 is 40.8 Å². The van der Waals surface area contributed by atoms with Crippen molar-refractivity contribution in [3.05, 3.63) is 41.2 Å². The van der Waals surface area contributed by atoms with Crippen LogP contribution in [0.5, 0.6) is 5.75 Å². The van der Waals surface area contributed by atoms with Gasteiger partial charge >= 0.3 is 12.1 Å². The van der Waals surface area contributed by atoms with Crippen LogP contribution in [0.1, 0.15) is 137 Å². The molecule has 1 aromatic carbocycles. The summed E-state index contributed by atoms with van der Waals surface area (Å²) in [5.74, 6) is -4.29. The summed E-state index contributed by atoms with van der Waals surface area (Å²) >= 11 is 0. The molecule has 2 aromatic rings. The first-order valence-corrected chi connectivity index (χ1v) is 20.9. The van der Waals surface area contributed by atoms with Gasteiger partial charge in [-0.3, -0.25) is 4.79 Å². The third kappa shape index (κ3) is 7.12. The molecule has 0 unspecified atom stereocenters. The Morgan fingerprint density at radius 1 is 0.895 bits per heavy atom. The highest BCUT2D eigenvalue weighted by Gasteiger charge is 2.62. The fourth-order valence-electron chi connectivity index (χ4n) is 11.8. The Bertz CT molecular complexity index is 1880. The molecule has 7 aliphatic carbocycles. The van der Waals surface area contributed by atoms with Crippen molar-refractivity contribution >= 4 is 29.2 Å². The van der Waals surface area contributed by atoms with Gasteiger partial charge in [0.15, 0.2) is 5.69 Å². The van der Waals surface area contributed by atoms with Gasteiger partial charge in [0, 0.05) is 36.7 Å². The summed E-state index contributed by atoms with van der Waals surface area (Å²) < 4.78 is 78.0. The number of benzene rings is 1. The number of carboxylic acids is 1. The molecule has 10 nitrogen and oxygen atoms in total. The standard InChI is InChI=1S/C42H50F5N5O5/c43-40(44)14-10-28(11-15-40)51-57-30-6-4-29(5-7-30)56-31-8-9-34-33(21-31)39(12-2-1-3-13-39)23-52(34)38-48-22-32(35(49-38)42(45,46)47)36(53)50-41(37(54)55)26-17-24-16-25(19-26)20-27(41)18-24/h8-9,21-22,24-27,29-30H,1-7,10-20,23H2,(H,50,53)(H,54,55). The number of nitrogens with one attached hydrogen (secondary N) is 1. The minimum absolute atomic E-state index is 0.0701. The maximum atomic E-state index is 14.8. The van der Waals surface area contributed by atoms with Crippen LogP contribution in [-0.4, -0.2) is 62.9 Å². The van der Waals surface area contributed by atoms with Crippen molar-refractivity contribution in [3.63, 3.8) is 0 Å². The van der Waals surface area contributed by atoms with Crippen molar-refractivity contribution in [2.45, 2.75) is 151 Å². The van der Waals surface area contributed by atoms with Crippen LogP contribution in [-0.2, 0) is 21.2 Å². The number of hydrogen-bond donors (Lipinski definition) is 2. The second-order valence-electron chi connectivity index (χ2n) is 18.1. The number of rotatable bonds is 8. The fraction of sp³-hybridized carbons (Fsp3) is 0.690. The number of oxime groups is 1. The zero-order valence-corrected chi connectivity index (χ0v) is 32.0. The number of aromatic nitrogens is 2. The van der Waals surface area contributed by atoms with Gasteiger partial charge in [0.2, 0.25) is 11.9 Å². The summed E-state index contributed by atoms with van der Waals surface area (Å²) in [5, 5.41) is 17.3. The summed E-state index contributed by atoms with van der Waals surface area (Å²) in [7, 11) is 0. The molecule has 57 heavy (non-hydrogen) atoms. The number of carboxylic acid groups (broad SMARTS) is 1. The van der Waals surface area contributed by atoms with Crippen molar-refractivity contribution < 1.29 is 46.2 Å². The number of ether oxygens (including phenoxy) is 1. The van der Waals surface area contributed by atoms with Gasteiger partial charge in [0.1, 0.15) is 17.4 Å². The second-order valence-corrected chi connectivity index (χ2v) is 18.1. The van der Waals surface area contributed by atoms with E-state index in [4.69, 9.17) is 9.57 Å². The topological polar surface area (TPSA) is 126 Å². The highest BCUT2D eigenvalue weighted by Crippen LogP contribution is 2.59. The number of fused-ring (bicyclic) bond motifs is 2. The lowest BCUT2D eigenvalue weighted by atomic mass is 9.48. The van der Waals surface area contributed by atoms with Gasteiger partial charge in [-0.05, 0) is 131 Å². The number of amides is 1. The van der Waals surface area contributed by atoms with Gasteiger partial charge in [-0.15, -0.1) is 0 Å². The zero-order valence-electron chi connectivity index (χ0n) is 32.0. The SMILES string of the molecule is O=C(NC1(C(=O)O)C2CC3CC(C2)CC1C3)c1cnc(N2CC3(CCCCC3)c3cc(OC4CCC(ON=C5CCC(F)(F)CC5)CC4)ccc32)nc1C(F)(F)F. The first-order valence-electron chi connectivity index (χ1n) is 20.9. The lowest BCUT2D eigenvalue weighted by molar-refractivity contribution is -0.163. The maximum absolute atomic E-state index is 14.8. The molecule has 15 heteroatoms. The molecule has 1 aromatic heterocycles. The van der Waals surface area contributed by atoms with E-state index in [2.05, 4.69) is 20.4 Å². The summed E-state index contributed by atoms with van der Waals surface area (Å²) in [6.45, 7) is 0.380. The molecule has 2 N–H and O–H groups in total. The predicted molar refractivity (Wildman–Crippen MR) is 199 cm³/mol. The monoisotopic (exact) mass is 799 g/mol. The van der Waals surface area contributed by atoms with Gasteiger partial charge in [-0.2, -0.15) is 13.2 Å². The van der Waals surface area contributed by atoms with Gasteiger partial charge < -0.3 is 24.9 Å². The third-order valence-electron chi connectivity index (χ3n) is 14.5. The normalized spacial score (nSPS) is 32.5. The number of hydrogen-bond acceptors (Lipinski definition) is 8. The van der Waals surface area contributed by atoms with E-state index in [0.717, 1.165) is 63.1 Å². The zero-order chi connectivity index (χ0) is 39.7. The molecular formula is C42H50F5N5O5. The van der Waals surface area contributed by atoms with E-state index in [-0.39, 0.29) is 61.1 Å². The molecule has 308 valence electrons. The summed E-state index contributed by atoms with van der Waals surface area (Å²) in [6, 6.07) is 5.69. The largest absolute Gasteiger partial charge is 0.490 e. The van der Waals surface area contributed by atoms with E-state index in [1.807, 2.05) is 18.2 Å². The Morgan fingerprint density at radius 2 is 1.54 bits per heavy atom. The Labute approximate surface area is 328 Å². The van der Waals surface area contributed by atoms with Gasteiger partial charge in [0.25, 0.3) is 5.91 Å². The fourth-order valence-corrected chi connectivity index (χ4v) is 11.8. The minimum Gasteiger partial charge on any atom is -0.490 e. The first-order chi connectivity index (χ1) is 27.2. The van der Waals surface area contributed by atoms with Crippen LogP contribution < -0.4 is 15.0 Å². The molecule has 0 atom stereocenters. The highest BCUT2D eigenvalue weighted by atomic mass is 19.4. The van der Waals surface area contributed by atoms with E-state index in [9.17, 15) is 36.6 Å². The van der Waals surface area contributed by atoms with Gasteiger partial charge in [0.05, 0.1) is 17.4 Å². The van der Waals surface area contributed by atoms with Crippen molar-refractivity contribution in [3.8, 4) is 5.75 Å². The number of halogens is 5. The smallest absolute Gasteiger partial charge is 0.434 e. The Kier molecular flexibility index (Phi) is 9.69. The molecule has 10 rings (SSSR count). The third-order valence-corrected chi connectivity index (χ3v) is 14.5. The number of nitrogens with zero attached hydrogens (tertiary/aromatic N) is 4. The molecule has 1 aliphatic heterocycles. The minimum atomic E-state index is -5.00. The molecule has 4 bridgehead atoms. The summed E-state index contributed by atoms with van der Waals surface area (Å²) in [5.41, 5.74) is -1.75. The molecule has 1 amide bonds. The molecule has 7 saturated carbocycles. The Balaban J connectivity index is 0.929. The number of carbonyl (C=O) groups excluding carboxylic acids is 1. The van der Waals surface area contributed by atoms with Crippen LogP contribution in [0, 0.1) is 23.7 Å². The Morgan fingerprint density at radius 3 is 2.18 bits per heavy atom. The summed E-state index contributed by atoms with van der Waals surface area (Å²) in [4.78, 5) is 42.6. The van der Waals surface area contributed by atoms with Crippen LogP contribution in [0.4, 0.5) is 33.6 Å². The molecule has 0 radical (unpaired) electrons. The molecule has 8 aliphatic rings. The van der Waals surface area contributed by atoms with Crippen molar-refractivity contribution in [1.82, 2.24) is 15.3 Å². The average molecular weight is 800 g/mol. The van der Waals surface area contributed by atoms with Crippen molar-refractivity contribution in [2.75, 3.05) is 11.4 Å². The highest BCUT2D eigenvalue weighted by molar-refractivity contribution is 5.99. The number of carbonyl (C=O) groups is 2. The van der Waals surface area contributed by atoms with Crippen LogP contribution in [0.25, 0.3) is 0 Å². The number of anilines is 2. The van der Waals surface area contributed by atoms with Crippen molar-refractivity contribution in [1.29, 1.82) is 0 Å². The van der Waals surface area contributed by atoms with E-state index >= 15 is 0 Å².